The number of nitrogens with zero attached hydrogens (tertiary/aromatic N) is 2. The zero-order valence-electron chi connectivity index (χ0n) is 16.9. The number of rotatable bonds is 7. The molecule has 0 unspecified atom stereocenters. The van der Waals surface area contributed by atoms with Gasteiger partial charge in [-0.3, -0.25) is 9.53 Å². The summed E-state index contributed by atoms with van der Waals surface area (Å²) in [5, 5.41) is 15.0. The minimum atomic E-state index is -4.64. The Kier molecular flexibility index (Phi) is 6.99. The Morgan fingerprint density at radius 2 is 1.94 bits per heavy atom. The number of piperidine rings is 1. The first-order chi connectivity index (χ1) is 15.2. The summed E-state index contributed by atoms with van der Waals surface area (Å²) in [6.45, 7) is 0.317. The van der Waals surface area contributed by atoms with E-state index in [1.165, 1.54) is 0 Å². The van der Waals surface area contributed by atoms with E-state index in [-0.39, 0.29) is 37.4 Å². The molecule has 1 amide bonds. The van der Waals surface area contributed by atoms with Crippen molar-refractivity contribution in [2.45, 2.75) is 56.3 Å². The fourth-order valence-corrected chi connectivity index (χ4v) is 3.80. The summed E-state index contributed by atoms with van der Waals surface area (Å²) < 4.78 is 51.3. The molecule has 0 bridgehead atoms. The number of carbonyl (C=O) groups excluding carboxylic acids is 1. The van der Waals surface area contributed by atoms with E-state index in [0.29, 0.717) is 36.2 Å². The van der Waals surface area contributed by atoms with Gasteiger partial charge in [-0.05, 0) is 37.1 Å². The van der Waals surface area contributed by atoms with E-state index in [9.17, 15) is 18.0 Å². The summed E-state index contributed by atoms with van der Waals surface area (Å²) in [5.41, 5.74) is 0.775. The van der Waals surface area contributed by atoms with Gasteiger partial charge in [0.05, 0.1) is 18.2 Å². The molecule has 174 valence electrons. The number of ether oxygens (including phenoxy) is 2. The smallest absolute Gasteiger partial charge is 0.419 e. The van der Waals surface area contributed by atoms with Crippen LogP contribution in [0.5, 0.6) is 0 Å². The minimum absolute atomic E-state index is 0.0938. The van der Waals surface area contributed by atoms with Crippen LogP contribution in [0.15, 0.2) is 28.7 Å². The van der Waals surface area contributed by atoms with Gasteiger partial charge < -0.3 is 19.8 Å². The monoisotopic (exact) mass is 474 g/mol. The lowest BCUT2D eigenvalue weighted by Gasteiger charge is -2.35. The van der Waals surface area contributed by atoms with Crippen LogP contribution in [0.3, 0.4) is 0 Å². The lowest BCUT2D eigenvalue weighted by atomic mass is 9.92. The van der Waals surface area contributed by atoms with E-state index in [0.717, 1.165) is 5.56 Å². The summed E-state index contributed by atoms with van der Waals surface area (Å²) in [7, 11) is 0. The first-order valence-corrected chi connectivity index (χ1v) is 10.6. The maximum atomic E-state index is 12.1. The molecule has 1 saturated carbocycles. The van der Waals surface area contributed by atoms with Gasteiger partial charge in [0, 0.05) is 36.0 Å². The van der Waals surface area contributed by atoms with Crippen molar-refractivity contribution < 1.29 is 31.9 Å². The molecule has 8 nitrogen and oxygen atoms in total. The predicted octanol–water partition coefficient (Wildman–Crippen LogP) is 3.38. The average Bonchev–Trinajstić information content (AvgIpc) is 3.20. The summed E-state index contributed by atoms with van der Waals surface area (Å²) in [5.74, 6) is 0.576. The molecule has 2 aliphatic rings. The van der Waals surface area contributed by atoms with Crippen LogP contribution in [0.2, 0.25) is 5.02 Å². The molecule has 0 spiro atoms. The van der Waals surface area contributed by atoms with Gasteiger partial charge in [0.1, 0.15) is 6.61 Å². The average molecular weight is 475 g/mol. The molecule has 1 aliphatic carbocycles. The van der Waals surface area contributed by atoms with Crippen molar-refractivity contribution in [3.05, 3.63) is 35.2 Å². The molecule has 12 heteroatoms. The van der Waals surface area contributed by atoms with Gasteiger partial charge in [0.25, 0.3) is 0 Å². The number of hydrogen-bond donors (Lipinski definition) is 2. The topological polar surface area (TPSA) is 98.5 Å². The maximum absolute atomic E-state index is 12.1. The van der Waals surface area contributed by atoms with Crippen molar-refractivity contribution >= 4 is 17.5 Å². The molecule has 1 saturated heterocycles. The highest BCUT2D eigenvalue weighted by atomic mass is 35.5. The number of carbonyl (C=O) groups is 1. The SMILES string of the molecule is O=C(COC1CC(OC(F)(F)F)C1)N[C@@H]1CC[C@@H](c2nnc(-c3ccc(Cl)cc3)o2)NC1. The van der Waals surface area contributed by atoms with Gasteiger partial charge >= 0.3 is 6.36 Å². The predicted molar refractivity (Wildman–Crippen MR) is 107 cm³/mol. The fraction of sp³-hybridized carbons (Fsp3) is 0.550. The Hall–Kier alpha value is -2.21. The van der Waals surface area contributed by atoms with Crippen LogP contribution in [-0.2, 0) is 14.3 Å². The highest BCUT2D eigenvalue weighted by molar-refractivity contribution is 6.30. The first-order valence-electron chi connectivity index (χ1n) is 10.2. The van der Waals surface area contributed by atoms with Crippen LogP contribution < -0.4 is 10.6 Å². The van der Waals surface area contributed by atoms with Gasteiger partial charge in [-0.25, -0.2) is 0 Å². The number of benzene rings is 1. The zero-order valence-corrected chi connectivity index (χ0v) is 17.7. The Morgan fingerprint density at radius 3 is 2.59 bits per heavy atom. The van der Waals surface area contributed by atoms with E-state index in [1.54, 1.807) is 24.3 Å². The van der Waals surface area contributed by atoms with Crippen LogP contribution >= 0.6 is 11.6 Å². The van der Waals surface area contributed by atoms with Crippen molar-refractivity contribution in [1.29, 1.82) is 0 Å². The molecule has 0 radical (unpaired) electrons. The highest BCUT2D eigenvalue weighted by Gasteiger charge is 2.40. The summed E-state index contributed by atoms with van der Waals surface area (Å²) in [4.78, 5) is 12.1. The van der Waals surface area contributed by atoms with Crippen LogP contribution in [0.4, 0.5) is 13.2 Å². The van der Waals surface area contributed by atoms with Gasteiger partial charge in [0.15, 0.2) is 0 Å². The molecule has 2 fully saturated rings. The van der Waals surface area contributed by atoms with E-state index in [1.807, 2.05) is 0 Å². The second-order valence-corrected chi connectivity index (χ2v) is 8.28. The molecule has 2 N–H and O–H groups in total. The largest absolute Gasteiger partial charge is 0.522 e. The molecule has 2 atom stereocenters. The third kappa shape index (κ3) is 6.18. The lowest BCUT2D eigenvalue weighted by Crippen LogP contribution is -2.48. The minimum Gasteiger partial charge on any atom is -0.419 e. The Labute approximate surface area is 186 Å². The van der Waals surface area contributed by atoms with Crippen LogP contribution in [0.25, 0.3) is 11.5 Å². The standard InChI is InChI=1S/C20H22ClF3N4O4/c21-12-3-1-11(2-4-12)18-27-28-19(31-18)16-6-5-13(9-25-16)26-17(29)10-30-14-7-15(8-14)32-20(22,23)24/h1-4,13-16,25H,5-10H2,(H,26,29)/t13-,14?,15?,16+/m1/s1. The number of nitrogens with one attached hydrogen (secondary N) is 2. The second-order valence-electron chi connectivity index (χ2n) is 7.84. The van der Waals surface area contributed by atoms with E-state index < -0.39 is 18.6 Å². The molecule has 2 heterocycles. The lowest BCUT2D eigenvalue weighted by molar-refractivity contribution is -0.357. The molecule has 2 aromatic rings. The number of halogens is 4. The highest BCUT2D eigenvalue weighted by Crippen LogP contribution is 2.32. The fourth-order valence-electron chi connectivity index (χ4n) is 3.68. The quantitative estimate of drug-likeness (QED) is 0.634. The molecule has 1 aliphatic heterocycles. The second kappa shape index (κ2) is 9.74. The van der Waals surface area contributed by atoms with Gasteiger partial charge in [-0.1, -0.05) is 11.6 Å². The Balaban J connectivity index is 1.16. The number of amides is 1. The van der Waals surface area contributed by atoms with Crippen molar-refractivity contribution in [1.82, 2.24) is 20.8 Å². The Bertz CT molecular complexity index is 910. The normalized spacial score (nSPS) is 25.9. The molecular formula is C20H22ClF3N4O4. The maximum Gasteiger partial charge on any atom is 0.522 e. The number of aromatic nitrogens is 2. The van der Waals surface area contributed by atoms with Gasteiger partial charge in [-0.15, -0.1) is 23.4 Å². The third-order valence-corrected chi connectivity index (χ3v) is 5.66. The molecular weight excluding hydrogens is 453 g/mol. The van der Waals surface area contributed by atoms with Gasteiger partial charge in [-0.2, -0.15) is 0 Å². The number of alkyl halides is 3. The van der Waals surface area contributed by atoms with Crippen molar-refractivity contribution in [2.75, 3.05) is 13.2 Å². The van der Waals surface area contributed by atoms with Crippen LogP contribution in [0, 0.1) is 0 Å². The summed E-state index contributed by atoms with van der Waals surface area (Å²) in [6.07, 6.45) is -4.29. The molecule has 1 aromatic carbocycles. The van der Waals surface area contributed by atoms with E-state index in [2.05, 4.69) is 25.6 Å². The molecule has 4 rings (SSSR count). The van der Waals surface area contributed by atoms with Crippen molar-refractivity contribution in [3.8, 4) is 11.5 Å². The summed E-state index contributed by atoms with van der Waals surface area (Å²) >= 11 is 5.89. The third-order valence-electron chi connectivity index (χ3n) is 5.41. The molecule has 32 heavy (non-hydrogen) atoms. The van der Waals surface area contributed by atoms with Crippen molar-refractivity contribution in [3.63, 3.8) is 0 Å². The van der Waals surface area contributed by atoms with E-state index >= 15 is 0 Å². The number of hydrogen-bond acceptors (Lipinski definition) is 7. The van der Waals surface area contributed by atoms with Crippen molar-refractivity contribution in [2.24, 2.45) is 0 Å². The summed E-state index contributed by atoms with van der Waals surface area (Å²) in [6, 6.07) is 6.88. The Morgan fingerprint density at radius 1 is 1.19 bits per heavy atom. The van der Waals surface area contributed by atoms with E-state index in [4.69, 9.17) is 20.8 Å². The van der Waals surface area contributed by atoms with Gasteiger partial charge in [0.2, 0.25) is 17.7 Å². The van der Waals surface area contributed by atoms with Crippen LogP contribution in [0.1, 0.15) is 37.6 Å². The first kappa shape index (κ1) is 23.0. The zero-order chi connectivity index (χ0) is 22.7. The van der Waals surface area contributed by atoms with Crippen LogP contribution in [-0.4, -0.2) is 53.9 Å². The molecule has 1 aromatic heterocycles.